The molecule has 1 heterocycles. The minimum absolute atomic E-state index is 0.0979. The zero-order valence-electron chi connectivity index (χ0n) is 9.92. The summed E-state index contributed by atoms with van der Waals surface area (Å²) in [6.45, 7) is 6.04. The van der Waals surface area contributed by atoms with Crippen molar-refractivity contribution in [3.05, 3.63) is 16.5 Å². The molecule has 16 heavy (non-hydrogen) atoms. The Morgan fingerprint density at radius 3 is 2.44 bits per heavy atom. The van der Waals surface area contributed by atoms with Gasteiger partial charge in [-0.15, -0.1) is 0 Å². The van der Waals surface area contributed by atoms with Gasteiger partial charge in [0.05, 0.1) is 12.1 Å². The van der Waals surface area contributed by atoms with E-state index in [0.29, 0.717) is 5.82 Å². The van der Waals surface area contributed by atoms with Crippen LogP contribution in [-0.4, -0.2) is 27.2 Å². The maximum absolute atomic E-state index is 9.46. The molecule has 0 aliphatic carbocycles. The second-order valence-corrected chi connectivity index (χ2v) is 4.71. The Kier molecular flexibility index (Phi) is 4.68. The molecule has 0 amide bonds. The van der Waals surface area contributed by atoms with Gasteiger partial charge in [0, 0.05) is 6.07 Å². The van der Waals surface area contributed by atoms with Crippen LogP contribution in [0, 0.1) is 6.92 Å². The van der Waals surface area contributed by atoms with Crippen LogP contribution in [0.25, 0.3) is 0 Å². The Balaban J connectivity index is 2.93. The number of aliphatic hydroxyl groups is 1. The van der Waals surface area contributed by atoms with Crippen LogP contribution in [0.2, 0.25) is 0 Å². The number of aromatic nitrogens is 2. The number of hydrogen-bond acceptors (Lipinski definition) is 4. The van der Waals surface area contributed by atoms with E-state index < -0.39 is 0 Å². The molecule has 0 atom stereocenters. The molecule has 0 radical (unpaired) electrons. The van der Waals surface area contributed by atoms with E-state index in [1.165, 1.54) is 0 Å². The molecule has 0 aromatic carbocycles. The Morgan fingerprint density at radius 2 is 2.00 bits per heavy atom. The van der Waals surface area contributed by atoms with Crippen molar-refractivity contribution in [1.29, 1.82) is 0 Å². The second-order valence-electron chi connectivity index (χ2n) is 3.89. The molecular weight excluding hydrogens is 270 g/mol. The molecule has 0 saturated carbocycles. The number of halogens is 1. The van der Waals surface area contributed by atoms with Gasteiger partial charge in [-0.3, -0.25) is 0 Å². The molecule has 5 heteroatoms. The van der Waals surface area contributed by atoms with Gasteiger partial charge < -0.3 is 10.4 Å². The molecule has 2 N–H and O–H groups in total. The highest BCUT2D eigenvalue weighted by Crippen LogP contribution is 2.22. The number of nitrogens with zero attached hydrogens (tertiary/aromatic N) is 2. The van der Waals surface area contributed by atoms with E-state index in [9.17, 15) is 5.11 Å². The highest BCUT2D eigenvalue weighted by Gasteiger charge is 2.25. The summed E-state index contributed by atoms with van der Waals surface area (Å²) in [5, 5.41) is 12.8. The molecule has 0 aliphatic rings. The molecule has 0 unspecified atom stereocenters. The largest absolute Gasteiger partial charge is 0.394 e. The third-order valence-electron chi connectivity index (χ3n) is 2.86. The van der Waals surface area contributed by atoms with Gasteiger partial charge in [-0.2, -0.15) is 0 Å². The second kappa shape index (κ2) is 5.59. The minimum Gasteiger partial charge on any atom is -0.394 e. The van der Waals surface area contributed by atoms with Crippen LogP contribution in [-0.2, 0) is 0 Å². The van der Waals surface area contributed by atoms with E-state index in [1.807, 2.05) is 13.0 Å². The average molecular weight is 288 g/mol. The van der Waals surface area contributed by atoms with Crippen LogP contribution in [0.15, 0.2) is 10.7 Å². The summed E-state index contributed by atoms with van der Waals surface area (Å²) in [5.74, 6) is 1.45. The van der Waals surface area contributed by atoms with Crippen LogP contribution < -0.4 is 5.32 Å². The lowest BCUT2D eigenvalue weighted by Gasteiger charge is -2.31. The van der Waals surface area contributed by atoms with Gasteiger partial charge in [0.25, 0.3) is 0 Å². The van der Waals surface area contributed by atoms with Crippen molar-refractivity contribution in [3.8, 4) is 0 Å². The van der Waals surface area contributed by atoms with Crippen molar-refractivity contribution in [1.82, 2.24) is 9.97 Å². The summed E-state index contributed by atoms with van der Waals surface area (Å²) < 4.78 is 0.751. The molecule has 1 rings (SSSR count). The van der Waals surface area contributed by atoms with E-state index in [2.05, 4.69) is 45.1 Å². The first-order chi connectivity index (χ1) is 7.55. The van der Waals surface area contributed by atoms with Gasteiger partial charge in [-0.25, -0.2) is 9.97 Å². The Morgan fingerprint density at radius 1 is 1.38 bits per heavy atom. The first-order valence-corrected chi connectivity index (χ1v) is 6.24. The Bertz CT molecular complexity index is 325. The fourth-order valence-corrected chi connectivity index (χ4v) is 2.03. The molecule has 4 nitrogen and oxygen atoms in total. The molecule has 90 valence electrons. The number of anilines is 1. The zero-order valence-corrected chi connectivity index (χ0v) is 11.5. The summed E-state index contributed by atoms with van der Waals surface area (Å²) in [4.78, 5) is 8.44. The van der Waals surface area contributed by atoms with Gasteiger partial charge in [0.2, 0.25) is 0 Å². The Hall–Kier alpha value is -0.680. The van der Waals surface area contributed by atoms with Crippen molar-refractivity contribution in [2.24, 2.45) is 0 Å². The molecule has 1 aromatic rings. The van der Waals surface area contributed by atoms with Crippen molar-refractivity contribution in [2.45, 2.75) is 39.2 Å². The number of nitrogens with one attached hydrogen (secondary N) is 1. The van der Waals surface area contributed by atoms with E-state index in [4.69, 9.17) is 0 Å². The first kappa shape index (κ1) is 13.4. The number of aryl methyl sites for hydroxylation is 1. The first-order valence-electron chi connectivity index (χ1n) is 5.45. The smallest absolute Gasteiger partial charge is 0.131 e. The molecule has 0 saturated heterocycles. The van der Waals surface area contributed by atoms with E-state index in [0.717, 1.165) is 23.3 Å². The molecule has 0 spiro atoms. The SMILES string of the molecule is CCC(CC)(CO)Nc1cc(Br)nc(C)n1. The molecule has 1 aromatic heterocycles. The quantitative estimate of drug-likeness (QED) is 0.817. The van der Waals surface area contributed by atoms with E-state index in [-0.39, 0.29) is 12.1 Å². The van der Waals surface area contributed by atoms with Crippen molar-refractivity contribution in [2.75, 3.05) is 11.9 Å². The van der Waals surface area contributed by atoms with Crippen molar-refractivity contribution >= 4 is 21.7 Å². The third-order valence-corrected chi connectivity index (χ3v) is 3.26. The minimum atomic E-state index is -0.291. The van der Waals surface area contributed by atoms with E-state index in [1.54, 1.807) is 0 Å². The normalized spacial score (nSPS) is 11.6. The third kappa shape index (κ3) is 3.15. The van der Waals surface area contributed by atoms with Crippen LogP contribution >= 0.6 is 15.9 Å². The fourth-order valence-electron chi connectivity index (χ4n) is 1.56. The standard InChI is InChI=1S/C11H18BrN3O/c1-4-11(5-2,7-16)15-10-6-9(12)13-8(3)14-10/h6,16H,4-5,7H2,1-3H3,(H,13,14,15). The van der Waals surface area contributed by atoms with Gasteiger partial charge in [0.1, 0.15) is 16.2 Å². The van der Waals surface area contributed by atoms with Gasteiger partial charge in [-0.05, 0) is 35.7 Å². The van der Waals surface area contributed by atoms with Crippen LogP contribution in [0.1, 0.15) is 32.5 Å². The molecule has 0 aliphatic heterocycles. The lowest BCUT2D eigenvalue weighted by atomic mass is 9.94. The zero-order chi connectivity index (χ0) is 12.2. The van der Waals surface area contributed by atoms with Crippen LogP contribution in [0.5, 0.6) is 0 Å². The highest BCUT2D eigenvalue weighted by molar-refractivity contribution is 9.10. The van der Waals surface area contributed by atoms with E-state index >= 15 is 0 Å². The van der Waals surface area contributed by atoms with Gasteiger partial charge in [-0.1, -0.05) is 13.8 Å². The fraction of sp³-hybridized carbons (Fsp3) is 0.636. The molecule has 0 bridgehead atoms. The summed E-state index contributed by atoms with van der Waals surface area (Å²) >= 11 is 3.33. The average Bonchev–Trinajstić information content (AvgIpc) is 2.25. The molecular formula is C11H18BrN3O. The summed E-state index contributed by atoms with van der Waals surface area (Å²) in [7, 11) is 0. The summed E-state index contributed by atoms with van der Waals surface area (Å²) in [6.07, 6.45) is 1.70. The van der Waals surface area contributed by atoms with Crippen LogP contribution in [0.3, 0.4) is 0 Å². The number of hydrogen-bond donors (Lipinski definition) is 2. The van der Waals surface area contributed by atoms with Gasteiger partial charge in [0.15, 0.2) is 0 Å². The molecule has 0 fully saturated rings. The topological polar surface area (TPSA) is 58.0 Å². The van der Waals surface area contributed by atoms with Crippen molar-refractivity contribution in [3.63, 3.8) is 0 Å². The predicted octanol–water partition coefficient (Wildman–Crippen LogP) is 2.51. The van der Waals surface area contributed by atoms with Crippen LogP contribution in [0.4, 0.5) is 5.82 Å². The lowest BCUT2D eigenvalue weighted by molar-refractivity contribution is 0.202. The number of aliphatic hydroxyl groups excluding tert-OH is 1. The lowest BCUT2D eigenvalue weighted by Crippen LogP contribution is -2.41. The van der Waals surface area contributed by atoms with Crippen molar-refractivity contribution < 1.29 is 5.11 Å². The summed E-state index contributed by atoms with van der Waals surface area (Å²) in [5.41, 5.74) is -0.291. The predicted molar refractivity (Wildman–Crippen MR) is 68.5 cm³/mol. The summed E-state index contributed by atoms with van der Waals surface area (Å²) in [6, 6.07) is 1.82. The maximum Gasteiger partial charge on any atom is 0.131 e. The number of rotatable bonds is 5. The van der Waals surface area contributed by atoms with Gasteiger partial charge >= 0.3 is 0 Å². The maximum atomic E-state index is 9.46. The highest BCUT2D eigenvalue weighted by atomic mass is 79.9. The monoisotopic (exact) mass is 287 g/mol. The Labute approximate surface area is 105 Å².